The summed E-state index contributed by atoms with van der Waals surface area (Å²) in [5.74, 6) is 1.64. The van der Waals surface area contributed by atoms with E-state index in [2.05, 4.69) is 32.9 Å². The zero-order valence-corrected chi connectivity index (χ0v) is 13.7. The van der Waals surface area contributed by atoms with Gasteiger partial charge >= 0.3 is 0 Å². The van der Waals surface area contributed by atoms with Gasteiger partial charge in [0.1, 0.15) is 0 Å². The third-order valence-corrected chi connectivity index (χ3v) is 4.65. The molecule has 0 N–H and O–H groups in total. The molecule has 1 saturated heterocycles. The molecule has 1 fully saturated rings. The fourth-order valence-corrected chi connectivity index (χ4v) is 3.25. The number of halogens is 1. The van der Waals surface area contributed by atoms with Gasteiger partial charge in [-0.1, -0.05) is 30.2 Å². The summed E-state index contributed by atoms with van der Waals surface area (Å²) in [6.45, 7) is 7.29. The average molecular weight is 299 g/mol. The van der Waals surface area contributed by atoms with E-state index in [1.54, 1.807) is 5.57 Å². The topological polar surface area (TPSA) is 18.5 Å². The lowest BCUT2D eigenvalue weighted by molar-refractivity contribution is -0.108. The quantitative estimate of drug-likeness (QED) is 0.542. The van der Waals surface area contributed by atoms with Crippen LogP contribution < -0.4 is 0 Å². The summed E-state index contributed by atoms with van der Waals surface area (Å²) >= 11 is 5.83. The highest BCUT2D eigenvalue weighted by Gasteiger charge is 2.36. The minimum Gasteiger partial charge on any atom is -0.350 e. The van der Waals surface area contributed by atoms with Gasteiger partial charge in [0.05, 0.1) is 18.6 Å². The first kappa shape index (κ1) is 16.1. The van der Waals surface area contributed by atoms with Gasteiger partial charge in [0.2, 0.25) is 0 Å². The van der Waals surface area contributed by atoms with Crippen LogP contribution in [0.2, 0.25) is 0 Å². The number of ether oxygens (including phenoxy) is 2. The molecule has 1 heterocycles. The maximum atomic E-state index is 5.88. The monoisotopic (exact) mass is 298 g/mol. The first-order valence-corrected chi connectivity index (χ1v) is 8.28. The highest BCUT2D eigenvalue weighted by Crippen LogP contribution is 2.37. The Morgan fingerprint density at radius 3 is 2.85 bits per heavy atom. The maximum absolute atomic E-state index is 5.88. The van der Waals surface area contributed by atoms with Crippen molar-refractivity contribution >= 4 is 11.6 Å². The molecule has 0 aromatic rings. The lowest BCUT2D eigenvalue weighted by Gasteiger charge is -2.32. The van der Waals surface area contributed by atoms with Crippen LogP contribution in [-0.4, -0.2) is 24.9 Å². The molecule has 0 bridgehead atoms. The van der Waals surface area contributed by atoms with Crippen molar-refractivity contribution < 1.29 is 9.47 Å². The molecule has 0 radical (unpaired) electrons. The van der Waals surface area contributed by atoms with Gasteiger partial charge in [-0.15, -0.1) is 11.6 Å². The smallest absolute Gasteiger partial charge is 0.161 e. The molecule has 3 heteroatoms. The molecule has 0 amide bonds. The zero-order chi connectivity index (χ0) is 14.5. The minimum absolute atomic E-state index is 0.0515. The lowest BCUT2D eigenvalue weighted by Crippen LogP contribution is -2.30. The third-order valence-electron chi connectivity index (χ3n) is 4.31. The van der Waals surface area contributed by atoms with Crippen molar-refractivity contribution in [1.82, 2.24) is 0 Å². The van der Waals surface area contributed by atoms with Crippen molar-refractivity contribution in [3.05, 3.63) is 23.3 Å². The second kappa shape index (κ2) is 7.63. The third kappa shape index (κ3) is 4.34. The standard InChI is InChI=1S/C17H27ClO2/c1-12(2)5-4-6-14-7-8-16(13(3)9-14)17-19-11-15(10-18)20-17/h5,7,13,15-17H,4,6,8-11H2,1-3H3/t13-,15-,16-,17-/m1/s1. The second-order valence-corrected chi connectivity index (χ2v) is 6.69. The molecule has 0 spiro atoms. The summed E-state index contributed by atoms with van der Waals surface area (Å²) in [7, 11) is 0. The van der Waals surface area contributed by atoms with Gasteiger partial charge in [-0.3, -0.25) is 0 Å². The average Bonchev–Trinajstić information content (AvgIpc) is 2.87. The van der Waals surface area contributed by atoms with Crippen LogP contribution in [0.3, 0.4) is 0 Å². The first-order valence-electron chi connectivity index (χ1n) is 7.74. The zero-order valence-electron chi connectivity index (χ0n) is 12.9. The number of allylic oxidation sites excluding steroid dienone is 4. The van der Waals surface area contributed by atoms with Crippen LogP contribution in [0.1, 0.15) is 46.5 Å². The van der Waals surface area contributed by atoms with Gasteiger partial charge in [-0.2, -0.15) is 0 Å². The Kier molecular flexibility index (Phi) is 6.13. The number of hydrogen-bond acceptors (Lipinski definition) is 2. The SMILES string of the molecule is CC(C)=CCCC1=CC[C@@H]([C@@H]2OC[C@@H](CCl)O2)[C@H](C)C1. The van der Waals surface area contributed by atoms with Gasteiger partial charge < -0.3 is 9.47 Å². The minimum atomic E-state index is -0.0515. The molecule has 20 heavy (non-hydrogen) atoms. The summed E-state index contributed by atoms with van der Waals surface area (Å²) < 4.78 is 11.6. The van der Waals surface area contributed by atoms with Crippen LogP contribution in [0.4, 0.5) is 0 Å². The molecule has 1 aliphatic heterocycles. The molecular weight excluding hydrogens is 272 g/mol. The van der Waals surface area contributed by atoms with Crippen LogP contribution in [0.15, 0.2) is 23.3 Å². The van der Waals surface area contributed by atoms with Crippen LogP contribution in [0.25, 0.3) is 0 Å². The summed E-state index contributed by atoms with van der Waals surface area (Å²) in [5, 5.41) is 0. The second-order valence-electron chi connectivity index (χ2n) is 6.38. The van der Waals surface area contributed by atoms with E-state index < -0.39 is 0 Å². The molecule has 0 unspecified atom stereocenters. The number of rotatable bonds is 5. The van der Waals surface area contributed by atoms with Gasteiger partial charge in [0.15, 0.2) is 6.29 Å². The molecule has 0 aromatic heterocycles. The van der Waals surface area contributed by atoms with E-state index in [0.29, 0.717) is 24.3 Å². The van der Waals surface area contributed by atoms with E-state index >= 15 is 0 Å². The van der Waals surface area contributed by atoms with E-state index in [1.165, 1.54) is 18.4 Å². The fourth-order valence-electron chi connectivity index (χ4n) is 3.09. The van der Waals surface area contributed by atoms with Gasteiger partial charge in [0, 0.05) is 5.92 Å². The van der Waals surface area contributed by atoms with Crippen LogP contribution >= 0.6 is 11.6 Å². The molecule has 1 aliphatic carbocycles. The molecule has 0 saturated carbocycles. The molecular formula is C17H27ClO2. The van der Waals surface area contributed by atoms with Crippen LogP contribution in [0, 0.1) is 11.8 Å². The Labute approximate surface area is 128 Å². The van der Waals surface area contributed by atoms with Gasteiger partial charge in [-0.25, -0.2) is 0 Å². The molecule has 114 valence electrons. The Morgan fingerprint density at radius 1 is 1.45 bits per heavy atom. The Bertz CT molecular complexity index is 371. The predicted molar refractivity (Wildman–Crippen MR) is 84.0 cm³/mol. The van der Waals surface area contributed by atoms with E-state index in [9.17, 15) is 0 Å². The fraction of sp³-hybridized carbons (Fsp3) is 0.765. The van der Waals surface area contributed by atoms with E-state index in [0.717, 1.165) is 12.8 Å². The van der Waals surface area contributed by atoms with Crippen molar-refractivity contribution in [2.45, 2.75) is 58.8 Å². The van der Waals surface area contributed by atoms with Gasteiger partial charge in [-0.05, 0) is 45.4 Å². The molecule has 0 aromatic carbocycles. The van der Waals surface area contributed by atoms with Gasteiger partial charge in [0.25, 0.3) is 0 Å². The summed E-state index contributed by atoms with van der Waals surface area (Å²) in [6, 6.07) is 0. The predicted octanol–water partition coefficient (Wildman–Crippen LogP) is 4.69. The Balaban J connectivity index is 1.84. The molecule has 2 rings (SSSR count). The van der Waals surface area contributed by atoms with E-state index in [1.807, 2.05) is 0 Å². The number of alkyl halides is 1. The normalized spacial score (nSPS) is 33.9. The van der Waals surface area contributed by atoms with Crippen LogP contribution in [0.5, 0.6) is 0 Å². The molecule has 2 nitrogen and oxygen atoms in total. The molecule has 4 atom stereocenters. The first-order chi connectivity index (χ1) is 9.60. The van der Waals surface area contributed by atoms with E-state index in [-0.39, 0.29) is 12.4 Å². The van der Waals surface area contributed by atoms with Crippen molar-refractivity contribution in [1.29, 1.82) is 0 Å². The van der Waals surface area contributed by atoms with Crippen molar-refractivity contribution in [3.63, 3.8) is 0 Å². The van der Waals surface area contributed by atoms with Crippen molar-refractivity contribution in [2.75, 3.05) is 12.5 Å². The van der Waals surface area contributed by atoms with E-state index in [4.69, 9.17) is 21.1 Å². The van der Waals surface area contributed by atoms with Crippen molar-refractivity contribution in [2.24, 2.45) is 11.8 Å². The summed E-state index contributed by atoms with van der Waals surface area (Å²) in [4.78, 5) is 0. The summed E-state index contributed by atoms with van der Waals surface area (Å²) in [5.41, 5.74) is 3.00. The Morgan fingerprint density at radius 2 is 2.25 bits per heavy atom. The lowest BCUT2D eigenvalue weighted by atomic mass is 9.79. The van der Waals surface area contributed by atoms with Crippen LogP contribution in [-0.2, 0) is 9.47 Å². The highest BCUT2D eigenvalue weighted by atomic mass is 35.5. The van der Waals surface area contributed by atoms with Crippen molar-refractivity contribution in [3.8, 4) is 0 Å². The summed E-state index contributed by atoms with van der Waals surface area (Å²) in [6.07, 6.45) is 9.37. The Hall–Kier alpha value is -0.310. The highest BCUT2D eigenvalue weighted by molar-refractivity contribution is 6.18. The molecule has 2 aliphatic rings. The largest absolute Gasteiger partial charge is 0.350 e. The maximum Gasteiger partial charge on any atom is 0.161 e. The number of hydrogen-bond donors (Lipinski definition) is 0.